The first-order valence-corrected chi connectivity index (χ1v) is 12.8. The molecule has 4 nitrogen and oxygen atoms in total. The third kappa shape index (κ3) is 5.21. The molecule has 1 aromatic heterocycles. The molecule has 1 amide bonds. The van der Waals surface area contributed by atoms with Gasteiger partial charge in [-0.2, -0.15) is 0 Å². The number of carbonyl (C=O) groups is 1. The minimum Gasteiger partial charge on any atom is -0.396 e. The number of primary amides is 1. The molecule has 0 aliphatic carbocycles. The highest BCUT2D eigenvalue weighted by Crippen LogP contribution is 2.43. The van der Waals surface area contributed by atoms with Crippen molar-refractivity contribution in [2.75, 3.05) is 26.2 Å². The second kappa shape index (κ2) is 11.1. The summed E-state index contributed by atoms with van der Waals surface area (Å²) in [5.41, 5.74) is 7.37. The fourth-order valence-corrected chi connectivity index (χ4v) is 6.44. The van der Waals surface area contributed by atoms with Crippen molar-refractivity contribution in [3.05, 3.63) is 93.7 Å². The lowest BCUT2D eigenvalue weighted by Gasteiger charge is -2.37. The normalized spacial score (nSPS) is 16.8. The number of hydrogen-bond acceptors (Lipinski definition) is 4. The minimum atomic E-state index is -0.813. The van der Waals surface area contributed by atoms with Crippen LogP contribution in [0.25, 0.3) is 0 Å². The van der Waals surface area contributed by atoms with E-state index in [0.29, 0.717) is 0 Å². The zero-order valence-corrected chi connectivity index (χ0v) is 20.0. The summed E-state index contributed by atoms with van der Waals surface area (Å²) in [6.07, 6.45) is 4.93. The molecular formula is C28H34N2O2S. The Balaban J connectivity index is 1.46. The molecule has 1 saturated heterocycles. The monoisotopic (exact) mass is 462 g/mol. The zero-order valence-electron chi connectivity index (χ0n) is 19.2. The molecule has 0 spiro atoms. The zero-order chi connectivity index (χ0) is 23.1. The van der Waals surface area contributed by atoms with Crippen LogP contribution in [0.4, 0.5) is 0 Å². The van der Waals surface area contributed by atoms with Gasteiger partial charge in [0.25, 0.3) is 0 Å². The van der Waals surface area contributed by atoms with E-state index in [-0.39, 0.29) is 18.4 Å². The van der Waals surface area contributed by atoms with Crippen molar-refractivity contribution in [3.63, 3.8) is 0 Å². The summed E-state index contributed by atoms with van der Waals surface area (Å²) in [7, 11) is 0. The van der Waals surface area contributed by atoms with Crippen molar-refractivity contribution >= 4 is 17.2 Å². The second-order valence-electron chi connectivity index (χ2n) is 8.99. The number of likely N-dealkylation sites (tertiary alicyclic amines) is 1. The molecule has 1 atom stereocenters. The lowest BCUT2D eigenvalue weighted by molar-refractivity contribution is -0.123. The molecule has 1 aliphatic heterocycles. The first kappa shape index (κ1) is 23.7. The first-order valence-electron chi connectivity index (χ1n) is 12.0. The van der Waals surface area contributed by atoms with E-state index in [9.17, 15) is 4.79 Å². The topological polar surface area (TPSA) is 66.6 Å². The number of rotatable bonds is 11. The molecule has 0 unspecified atom stereocenters. The van der Waals surface area contributed by atoms with Gasteiger partial charge in [0.15, 0.2) is 0 Å². The number of amides is 1. The lowest BCUT2D eigenvalue weighted by Crippen LogP contribution is -2.49. The summed E-state index contributed by atoms with van der Waals surface area (Å²) in [5.74, 6) is -0.118. The van der Waals surface area contributed by atoms with Crippen LogP contribution in [-0.4, -0.2) is 42.2 Å². The van der Waals surface area contributed by atoms with Gasteiger partial charge in [0, 0.05) is 22.9 Å². The molecule has 2 aromatic carbocycles. The van der Waals surface area contributed by atoms with E-state index < -0.39 is 5.41 Å². The van der Waals surface area contributed by atoms with Crippen LogP contribution in [0.3, 0.4) is 0 Å². The quantitative estimate of drug-likeness (QED) is 0.444. The Morgan fingerprint density at radius 2 is 1.52 bits per heavy atom. The number of nitrogens with two attached hydrogens (primary N) is 1. The summed E-state index contributed by atoms with van der Waals surface area (Å²) < 4.78 is 0. The third-order valence-electron chi connectivity index (χ3n) is 6.93. The Morgan fingerprint density at radius 3 is 2.06 bits per heavy atom. The van der Waals surface area contributed by atoms with Gasteiger partial charge >= 0.3 is 0 Å². The standard InChI is InChI=1S/C28H34N2O2S/c29-27(32)28(22-9-3-1-4-10-22,23-11-5-2-6-12-23)24-17-19-30(21-24)18-7-13-25-15-16-26(33-25)14-8-20-31/h1-6,9-12,15-16,24,31H,7-8,13-14,17-21H2,(H2,29,32)/t24-/m1/s1. The number of aliphatic hydroxyl groups is 1. The summed E-state index contributed by atoms with van der Waals surface area (Å²) in [5, 5.41) is 9.03. The average molecular weight is 463 g/mol. The van der Waals surface area contributed by atoms with Crippen molar-refractivity contribution in [2.45, 2.75) is 37.5 Å². The number of thiophene rings is 1. The van der Waals surface area contributed by atoms with E-state index in [1.54, 1.807) is 0 Å². The number of aliphatic hydroxyl groups excluding tert-OH is 1. The molecule has 5 heteroatoms. The van der Waals surface area contributed by atoms with Crippen LogP contribution < -0.4 is 5.73 Å². The molecule has 0 saturated carbocycles. The third-order valence-corrected chi connectivity index (χ3v) is 8.13. The molecule has 3 aromatic rings. The van der Waals surface area contributed by atoms with Crippen LogP contribution in [0.15, 0.2) is 72.8 Å². The SMILES string of the molecule is NC(=O)C(c1ccccc1)(c1ccccc1)[C@@H]1CCN(CCCc2ccc(CCCO)s2)C1. The van der Waals surface area contributed by atoms with Crippen LogP contribution in [0.2, 0.25) is 0 Å². The fraction of sp³-hybridized carbons (Fsp3) is 0.393. The van der Waals surface area contributed by atoms with E-state index >= 15 is 0 Å². The fourth-order valence-electron chi connectivity index (χ4n) is 5.34. The van der Waals surface area contributed by atoms with Gasteiger partial charge in [0.2, 0.25) is 5.91 Å². The number of nitrogens with zero attached hydrogens (tertiary/aromatic N) is 1. The molecule has 2 heterocycles. The van der Waals surface area contributed by atoms with Gasteiger partial charge in [-0.05, 0) is 74.4 Å². The van der Waals surface area contributed by atoms with E-state index in [4.69, 9.17) is 10.8 Å². The van der Waals surface area contributed by atoms with E-state index in [1.807, 2.05) is 72.0 Å². The Bertz CT molecular complexity index is 979. The Morgan fingerprint density at radius 1 is 0.939 bits per heavy atom. The lowest BCUT2D eigenvalue weighted by atomic mass is 9.64. The van der Waals surface area contributed by atoms with Crippen molar-refractivity contribution in [1.82, 2.24) is 4.90 Å². The molecule has 3 N–H and O–H groups in total. The van der Waals surface area contributed by atoms with Gasteiger partial charge in [-0.15, -0.1) is 11.3 Å². The highest BCUT2D eigenvalue weighted by atomic mass is 32.1. The van der Waals surface area contributed by atoms with E-state index in [1.165, 1.54) is 9.75 Å². The van der Waals surface area contributed by atoms with E-state index in [0.717, 1.165) is 62.9 Å². The van der Waals surface area contributed by atoms with Crippen LogP contribution in [0.1, 0.15) is 40.1 Å². The average Bonchev–Trinajstić information content (AvgIpc) is 3.50. The summed E-state index contributed by atoms with van der Waals surface area (Å²) >= 11 is 1.87. The van der Waals surface area contributed by atoms with Gasteiger partial charge in [-0.25, -0.2) is 0 Å². The Hall–Kier alpha value is -2.47. The molecular weight excluding hydrogens is 428 g/mol. The van der Waals surface area contributed by atoms with Crippen LogP contribution in [0, 0.1) is 5.92 Å². The molecule has 1 fully saturated rings. The first-order chi connectivity index (χ1) is 16.1. The Kier molecular flexibility index (Phi) is 7.97. The molecule has 0 bridgehead atoms. The molecule has 4 rings (SSSR count). The summed E-state index contributed by atoms with van der Waals surface area (Å²) in [6, 6.07) is 24.6. The summed E-state index contributed by atoms with van der Waals surface area (Å²) in [4.78, 5) is 18.5. The Labute approximate surface area is 201 Å². The van der Waals surface area contributed by atoms with E-state index in [2.05, 4.69) is 17.0 Å². The van der Waals surface area contributed by atoms with Gasteiger partial charge in [-0.1, -0.05) is 60.7 Å². The van der Waals surface area contributed by atoms with Crippen LogP contribution in [0.5, 0.6) is 0 Å². The van der Waals surface area contributed by atoms with Crippen molar-refractivity contribution < 1.29 is 9.90 Å². The molecule has 1 aliphatic rings. The predicted octanol–water partition coefficient (Wildman–Crippen LogP) is 4.40. The smallest absolute Gasteiger partial charge is 0.232 e. The maximum absolute atomic E-state index is 13.2. The van der Waals surface area contributed by atoms with Crippen LogP contribution in [-0.2, 0) is 23.1 Å². The highest BCUT2D eigenvalue weighted by molar-refractivity contribution is 7.11. The molecule has 174 valence electrons. The second-order valence-corrected chi connectivity index (χ2v) is 10.2. The largest absolute Gasteiger partial charge is 0.396 e. The van der Waals surface area contributed by atoms with Gasteiger partial charge in [0.1, 0.15) is 5.41 Å². The predicted molar refractivity (Wildman–Crippen MR) is 135 cm³/mol. The molecule has 0 radical (unpaired) electrons. The van der Waals surface area contributed by atoms with Crippen molar-refractivity contribution in [1.29, 1.82) is 0 Å². The molecule has 33 heavy (non-hydrogen) atoms. The van der Waals surface area contributed by atoms with Crippen molar-refractivity contribution in [2.24, 2.45) is 11.7 Å². The highest BCUT2D eigenvalue weighted by Gasteiger charge is 2.49. The maximum atomic E-state index is 13.2. The van der Waals surface area contributed by atoms with Crippen molar-refractivity contribution in [3.8, 4) is 0 Å². The van der Waals surface area contributed by atoms with Crippen LogP contribution >= 0.6 is 11.3 Å². The number of hydrogen-bond donors (Lipinski definition) is 2. The minimum absolute atomic E-state index is 0.145. The summed E-state index contributed by atoms with van der Waals surface area (Å²) in [6.45, 7) is 3.14. The number of carbonyl (C=O) groups excluding carboxylic acids is 1. The van der Waals surface area contributed by atoms with Gasteiger partial charge in [0.05, 0.1) is 0 Å². The number of aryl methyl sites for hydroxylation is 2. The maximum Gasteiger partial charge on any atom is 0.232 e. The van der Waals surface area contributed by atoms with Gasteiger partial charge < -0.3 is 15.7 Å². The number of benzene rings is 2. The van der Waals surface area contributed by atoms with Gasteiger partial charge in [-0.3, -0.25) is 4.79 Å².